The lowest BCUT2D eigenvalue weighted by Gasteiger charge is -2.15. The number of unbranched alkanes of at least 4 members (excludes halogenated alkanes) is 12. The average molecular weight is 493 g/mol. The van der Waals surface area contributed by atoms with Crippen LogP contribution in [0.25, 0.3) is 0 Å². The van der Waals surface area contributed by atoms with Crippen LogP contribution in [0.5, 0.6) is 0 Å². The predicted molar refractivity (Wildman–Crippen MR) is 150 cm³/mol. The summed E-state index contributed by atoms with van der Waals surface area (Å²) in [6, 6.07) is 0. The fraction of sp³-hybridized carbons (Fsp3) is 0.774. The van der Waals surface area contributed by atoms with Crippen LogP contribution in [-0.4, -0.2) is 37.0 Å². The highest BCUT2D eigenvalue weighted by atomic mass is 16.6. The molecule has 0 aromatic heterocycles. The largest absolute Gasteiger partial charge is 0.457 e. The number of aliphatic hydroxyl groups excluding tert-OH is 1. The number of hydrogen-bond donors (Lipinski definition) is 1. The summed E-state index contributed by atoms with van der Waals surface area (Å²) in [5.74, 6) is -0.221. The van der Waals surface area contributed by atoms with Gasteiger partial charge in [-0.3, -0.25) is 4.79 Å². The Balaban J connectivity index is 3.52. The number of carbonyl (C=O) groups is 1. The standard InChI is InChI=1S/C31H56O4/c1-3-5-7-9-11-13-14-15-16-17-18-19-20-22-24-26-31(33)35-30(28-32)29-34-27-25-23-21-12-10-8-6-4-2/h5,7,11,13,15-16,30,32H,3-4,6,8-10,12,14,17-29H2,1-2H3/b7-5-,13-11-,16-15-. The molecule has 0 saturated heterocycles. The first-order chi connectivity index (χ1) is 17.2. The third-order valence-corrected chi connectivity index (χ3v) is 5.98. The Morgan fingerprint density at radius 2 is 1.29 bits per heavy atom. The van der Waals surface area contributed by atoms with Crippen molar-refractivity contribution in [2.75, 3.05) is 19.8 Å². The average Bonchev–Trinajstić information content (AvgIpc) is 2.86. The van der Waals surface area contributed by atoms with Crippen molar-refractivity contribution in [2.24, 2.45) is 0 Å². The van der Waals surface area contributed by atoms with E-state index in [9.17, 15) is 9.90 Å². The number of allylic oxidation sites excluding steroid dienone is 6. The predicted octanol–water partition coefficient (Wildman–Crippen LogP) is 8.64. The van der Waals surface area contributed by atoms with E-state index in [1.54, 1.807) is 0 Å². The molecule has 1 atom stereocenters. The van der Waals surface area contributed by atoms with E-state index in [-0.39, 0.29) is 19.2 Å². The van der Waals surface area contributed by atoms with Gasteiger partial charge in [0.2, 0.25) is 0 Å². The Labute approximate surface area is 217 Å². The molecular weight excluding hydrogens is 436 g/mol. The van der Waals surface area contributed by atoms with Crippen molar-refractivity contribution in [1.82, 2.24) is 0 Å². The van der Waals surface area contributed by atoms with Gasteiger partial charge in [0.25, 0.3) is 0 Å². The minimum atomic E-state index is -0.536. The Morgan fingerprint density at radius 1 is 0.714 bits per heavy atom. The van der Waals surface area contributed by atoms with E-state index in [1.165, 1.54) is 57.8 Å². The van der Waals surface area contributed by atoms with Crippen molar-refractivity contribution < 1.29 is 19.4 Å². The molecule has 0 aromatic rings. The van der Waals surface area contributed by atoms with Gasteiger partial charge in [0.05, 0.1) is 13.2 Å². The van der Waals surface area contributed by atoms with Crippen LogP contribution in [-0.2, 0) is 14.3 Å². The summed E-state index contributed by atoms with van der Waals surface area (Å²) in [5.41, 5.74) is 0. The number of esters is 1. The molecule has 0 saturated carbocycles. The van der Waals surface area contributed by atoms with Gasteiger partial charge in [-0.2, -0.15) is 0 Å². The molecule has 0 spiro atoms. The molecule has 4 nitrogen and oxygen atoms in total. The summed E-state index contributed by atoms with van der Waals surface area (Å²) in [7, 11) is 0. The Kier molecular flexibility index (Phi) is 27.7. The molecule has 0 aliphatic carbocycles. The maximum Gasteiger partial charge on any atom is 0.306 e. The Hall–Kier alpha value is -1.39. The lowest BCUT2D eigenvalue weighted by atomic mass is 10.1. The van der Waals surface area contributed by atoms with Crippen LogP contribution >= 0.6 is 0 Å². The fourth-order valence-electron chi connectivity index (χ4n) is 3.81. The molecule has 0 aliphatic rings. The first-order valence-electron chi connectivity index (χ1n) is 14.6. The van der Waals surface area contributed by atoms with Gasteiger partial charge in [0.1, 0.15) is 6.10 Å². The van der Waals surface area contributed by atoms with Crippen LogP contribution < -0.4 is 0 Å². The fourth-order valence-corrected chi connectivity index (χ4v) is 3.81. The SMILES string of the molecule is CC/C=C\C/C=C\C/C=C\CCCCCCCC(=O)OC(CO)COCCCCCCCCCC. The summed E-state index contributed by atoms with van der Waals surface area (Å²) in [6.45, 7) is 5.18. The van der Waals surface area contributed by atoms with Crippen molar-refractivity contribution in [3.8, 4) is 0 Å². The number of aliphatic hydroxyl groups is 1. The van der Waals surface area contributed by atoms with Gasteiger partial charge in [0.15, 0.2) is 0 Å². The van der Waals surface area contributed by atoms with Crippen LogP contribution in [0.4, 0.5) is 0 Å². The zero-order chi connectivity index (χ0) is 25.7. The lowest BCUT2D eigenvalue weighted by molar-refractivity contribution is -0.154. The van der Waals surface area contributed by atoms with Gasteiger partial charge in [-0.05, 0) is 44.9 Å². The second-order valence-electron chi connectivity index (χ2n) is 9.44. The first kappa shape index (κ1) is 33.6. The van der Waals surface area contributed by atoms with Crippen molar-refractivity contribution in [3.05, 3.63) is 36.5 Å². The maximum atomic E-state index is 12.0. The van der Waals surface area contributed by atoms with Crippen LogP contribution in [0.1, 0.15) is 129 Å². The maximum absolute atomic E-state index is 12.0. The Bertz CT molecular complexity index is 524. The first-order valence-corrected chi connectivity index (χ1v) is 14.6. The van der Waals surface area contributed by atoms with E-state index in [0.717, 1.165) is 51.4 Å². The smallest absolute Gasteiger partial charge is 0.306 e. The third kappa shape index (κ3) is 27.0. The number of hydrogen-bond acceptors (Lipinski definition) is 4. The minimum absolute atomic E-state index is 0.178. The van der Waals surface area contributed by atoms with E-state index in [1.807, 2.05) is 0 Å². The monoisotopic (exact) mass is 492 g/mol. The van der Waals surface area contributed by atoms with Crippen LogP contribution in [0.2, 0.25) is 0 Å². The second kappa shape index (κ2) is 28.8. The Morgan fingerprint density at radius 3 is 1.94 bits per heavy atom. The minimum Gasteiger partial charge on any atom is -0.457 e. The molecule has 0 fully saturated rings. The molecule has 1 unspecified atom stereocenters. The van der Waals surface area contributed by atoms with Gasteiger partial charge < -0.3 is 14.6 Å². The zero-order valence-corrected chi connectivity index (χ0v) is 23.1. The van der Waals surface area contributed by atoms with E-state index in [2.05, 4.69) is 50.3 Å². The van der Waals surface area contributed by atoms with Crippen molar-refractivity contribution in [1.29, 1.82) is 0 Å². The second-order valence-corrected chi connectivity index (χ2v) is 9.44. The van der Waals surface area contributed by atoms with Crippen LogP contribution in [0.15, 0.2) is 36.5 Å². The molecular formula is C31H56O4. The van der Waals surface area contributed by atoms with Gasteiger partial charge in [-0.25, -0.2) is 0 Å². The summed E-state index contributed by atoms with van der Waals surface area (Å²) in [5, 5.41) is 9.45. The summed E-state index contributed by atoms with van der Waals surface area (Å²) in [4.78, 5) is 12.0. The summed E-state index contributed by atoms with van der Waals surface area (Å²) < 4.78 is 11.0. The van der Waals surface area contributed by atoms with E-state index >= 15 is 0 Å². The normalized spacial score (nSPS) is 12.9. The van der Waals surface area contributed by atoms with E-state index < -0.39 is 6.10 Å². The molecule has 0 aromatic carbocycles. The van der Waals surface area contributed by atoms with Crippen LogP contribution in [0, 0.1) is 0 Å². The van der Waals surface area contributed by atoms with Gasteiger partial charge in [-0.1, -0.05) is 115 Å². The van der Waals surface area contributed by atoms with Crippen LogP contribution in [0.3, 0.4) is 0 Å². The lowest BCUT2D eigenvalue weighted by Crippen LogP contribution is -2.27. The summed E-state index contributed by atoms with van der Waals surface area (Å²) >= 11 is 0. The van der Waals surface area contributed by atoms with E-state index in [4.69, 9.17) is 9.47 Å². The number of carbonyl (C=O) groups excluding carboxylic acids is 1. The molecule has 0 radical (unpaired) electrons. The highest BCUT2D eigenvalue weighted by molar-refractivity contribution is 5.69. The molecule has 0 amide bonds. The molecule has 35 heavy (non-hydrogen) atoms. The molecule has 0 bridgehead atoms. The van der Waals surface area contributed by atoms with Crippen molar-refractivity contribution in [2.45, 2.75) is 136 Å². The molecule has 0 heterocycles. The zero-order valence-electron chi connectivity index (χ0n) is 23.1. The topological polar surface area (TPSA) is 55.8 Å². The summed E-state index contributed by atoms with van der Waals surface area (Å²) in [6.07, 6.45) is 33.1. The highest BCUT2D eigenvalue weighted by Gasteiger charge is 2.13. The molecule has 0 rings (SSSR count). The molecule has 0 aliphatic heterocycles. The van der Waals surface area contributed by atoms with Gasteiger partial charge in [0, 0.05) is 13.0 Å². The molecule has 204 valence electrons. The molecule has 1 N–H and O–H groups in total. The highest BCUT2D eigenvalue weighted by Crippen LogP contribution is 2.10. The number of rotatable bonds is 26. The quantitative estimate of drug-likeness (QED) is 0.0745. The van der Waals surface area contributed by atoms with Crippen molar-refractivity contribution in [3.63, 3.8) is 0 Å². The molecule has 4 heteroatoms. The van der Waals surface area contributed by atoms with E-state index in [0.29, 0.717) is 13.0 Å². The number of ether oxygens (including phenoxy) is 2. The van der Waals surface area contributed by atoms with Crippen molar-refractivity contribution >= 4 is 5.97 Å². The van der Waals surface area contributed by atoms with Gasteiger partial charge in [-0.15, -0.1) is 0 Å². The van der Waals surface area contributed by atoms with Gasteiger partial charge >= 0.3 is 5.97 Å². The third-order valence-electron chi connectivity index (χ3n) is 5.98.